The largest absolute Gasteiger partial charge is 0.354 e. The predicted octanol–water partition coefficient (Wildman–Crippen LogP) is 3.49. The third-order valence-corrected chi connectivity index (χ3v) is 4.98. The lowest BCUT2D eigenvalue weighted by molar-refractivity contribution is -0.121. The number of hydrogen-bond acceptors (Lipinski definition) is 2. The molecule has 1 aliphatic rings. The second kappa shape index (κ2) is 8.02. The molecule has 118 valence electrons. The van der Waals surface area contributed by atoms with E-state index in [1.54, 1.807) is 0 Å². The van der Waals surface area contributed by atoms with Crippen LogP contribution in [0.2, 0.25) is 0 Å². The lowest BCUT2D eigenvalue weighted by atomic mass is 9.69. The average molecular weight is 282 g/mol. The average Bonchev–Trinajstić information content (AvgIpc) is 2.38. The zero-order valence-electron chi connectivity index (χ0n) is 14.1. The van der Waals surface area contributed by atoms with Crippen LogP contribution in [-0.2, 0) is 4.79 Å². The Morgan fingerprint density at radius 3 is 2.30 bits per heavy atom. The van der Waals surface area contributed by atoms with E-state index in [0.717, 1.165) is 12.5 Å². The first-order valence-corrected chi connectivity index (χ1v) is 8.38. The summed E-state index contributed by atoms with van der Waals surface area (Å²) in [5, 5.41) is 6.49. The molecule has 0 aliphatic heterocycles. The molecule has 1 fully saturated rings. The highest BCUT2D eigenvalue weighted by molar-refractivity contribution is 5.76. The summed E-state index contributed by atoms with van der Waals surface area (Å²) in [5.74, 6) is 1.03. The molecular weight excluding hydrogens is 248 g/mol. The SMILES string of the molecule is CCC(C)(C)C1CCC(NCCC(=O)NC(C)C)CC1. The van der Waals surface area contributed by atoms with Crippen molar-refractivity contribution in [3.05, 3.63) is 0 Å². The molecule has 0 aromatic rings. The first-order chi connectivity index (χ1) is 9.35. The van der Waals surface area contributed by atoms with Gasteiger partial charge in [0, 0.05) is 25.0 Å². The van der Waals surface area contributed by atoms with Gasteiger partial charge in [0.05, 0.1) is 0 Å². The molecule has 0 atom stereocenters. The molecular formula is C17H34N2O. The smallest absolute Gasteiger partial charge is 0.221 e. The van der Waals surface area contributed by atoms with Gasteiger partial charge in [0.15, 0.2) is 0 Å². The molecule has 0 radical (unpaired) electrons. The highest BCUT2D eigenvalue weighted by atomic mass is 16.1. The Kier molecular flexibility index (Phi) is 7.01. The summed E-state index contributed by atoms with van der Waals surface area (Å²) in [6.07, 6.45) is 7.05. The van der Waals surface area contributed by atoms with Crippen molar-refractivity contribution in [3.8, 4) is 0 Å². The van der Waals surface area contributed by atoms with Gasteiger partial charge in [-0.25, -0.2) is 0 Å². The van der Waals surface area contributed by atoms with Gasteiger partial charge in [0.1, 0.15) is 0 Å². The third kappa shape index (κ3) is 5.82. The molecule has 0 unspecified atom stereocenters. The van der Waals surface area contributed by atoms with Gasteiger partial charge in [-0.2, -0.15) is 0 Å². The molecule has 0 heterocycles. The molecule has 3 nitrogen and oxygen atoms in total. The molecule has 0 saturated heterocycles. The second-order valence-electron chi connectivity index (χ2n) is 7.32. The second-order valence-corrected chi connectivity index (χ2v) is 7.32. The fraction of sp³-hybridized carbons (Fsp3) is 0.941. The Balaban J connectivity index is 2.18. The fourth-order valence-electron chi connectivity index (χ4n) is 3.15. The van der Waals surface area contributed by atoms with Crippen molar-refractivity contribution in [2.45, 2.75) is 85.2 Å². The molecule has 0 aromatic heterocycles. The van der Waals surface area contributed by atoms with Crippen LogP contribution in [-0.4, -0.2) is 24.5 Å². The van der Waals surface area contributed by atoms with Gasteiger partial charge in [0.25, 0.3) is 0 Å². The van der Waals surface area contributed by atoms with Crippen LogP contribution in [0.3, 0.4) is 0 Å². The van der Waals surface area contributed by atoms with Crippen LogP contribution in [0, 0.1) is 11.3 Å². The van der Waals surface area contributed by atoms with Crippen LogP contribution < -0.4 is 10.6 Å². The Labute approximate surface area is 125 Å². The maximum Gasteiger partial charge on any atom is 0.221 e. The Morgan fingerprint density at radius 1 is 1.20 bits per heavy atom. The molecule has 1 rings (SSSR count). The number of carbonyl (C=O) groups is 1. The minimum absolute atomic E-state index is 0.160. The number of amides is 1. The standard InChI is InChI=1S/C17H34N2O/c1-6-17(4,5)14-7-9-15(10-8-14)18-12-11-16(20)19-13(2)3/h13-15,18H,6-12H2,1-5H3,(H,19,20). The zero-order chi connectivity index (χ0) is 15.2. The van der Waals surface area contributed by atoms with Gasteiger partial charge in [-0.05, 0) is 50.9 Å². The van der Waals surface area contributed by atoms with Gasteiger partial charge >= 0.3 is 0 Å². The van der Waals surface area contributed by atoms with Crippen LogP contribution in [0.4, 0.5) is 0 Å². The van der Waals surface area contributed by atoms with Crippen molar-refractivity contribution in [2.24, 2.45) is 11.3 Å². The molecule has 20 heavy (non-hydrogen) atoms. The Hall–Kier alpha value is -0.570. The lowest BCUT2D eigenvalue weighted by Crippen LogP contribution is -2.39. The van der Waals surface area contributed by atoms with Crippen molar-refractivity contribution >= 4 is 5.91 Å². The number of rotatable bonds is 7. The van der Waals surface area contributed by atoms with E-state index in [9.17, 15) is 4.79 Å². The normalized spacial score (nSPS) is 23.9. The predicted molar refractivity (Wildman–Crippen MR) is 85.7 cm³/mol. The first-order valence-electron chi connectivity index (χ1n) is 8.38. The zero-order valence-corrected chi connectivity index (χ0v) is 14.1. The maximum absolute atomic E-state index is 11.6. The van der Waals surface area contributed by atoms with Gasteiger partial charge in [-0.1, -0.05) is 27.2 Å². The third-order valence-electron chi connectivity index (χ3n) is 4.98. The topological polar surface area (TPSA) is 41.1 Å². The van der Waals surface area contributed by atoms with Crippen molar-refractivity contribution in [2.75, 3.05) is 6.54 Å². The van der Waals surface area contributed by atoms with Crippen LogP contribution in [0.25, 0.3) is 0 Å². The quantitative estimate of drug-likeness (QED) is 0.750. The fourth-order valence-corrected chi connectivity index (χ4v) is 3.15. The van der Waals surface area contributed by atoms with Crippen LogP contribution >= 0.6 is 0 Å². The van der Waals surface area contributed by atoms with Gasteiger partial charge in [0.2, 0.25) is 5.91 Å². The monoisotopic (exact) mass is 282 g/mol. The lowest BCUT2D eigenvalue weighted by Gasteiger charge is -2.39. The molecule has 1 saturated carbocycles. The van der Waals surface area contributed by atoms with Gasteiger partial charge in [-0.15, -0.1) is 0 Å². The highest BCUT2D eigenvalue weighted by Crippen LogP contribution is 2.40. The minimum atomic E-state index is 0.160. The Morgan fingerprint density at radius 2 is 1.80 bits per heavy atom. The van der Waals surface area contributed by atoms with Crippen LogP contribution in [0.15, 0.2) is 0 Å². The molecule has 0 spiro atoms. The van der Waals surface area contributed by atoms with Gasteiger partial charge < -0.3 is 10.6 Å². The summed E-state index contributed by atoms with van der Waals surface area (Å²) >= 11 is 0. The van der Waals surface area contributed by atoms with E-state index in [1.807, 2.05) is 13.8 Å². The molecule has 2 N–H and O–H groups in total. The van der Waals surface area contributed by atoms with Crippen molar-refractivity contribution in [1.82, 2.24) is 10.6 Å². The van der Waals surface area contributed by atoms with E-state index in [0.29, 0.717) is 17.9 Å². The summed E-state index contributed by atoms with van der Waals surface area (Å²) in [5.41, 5.74) is 0.488. The van der Waals surface area contributed by atoms with E-state index in [-0.39, 0.29) is 11.9 Å². The summed E-state index contributed by atoms with van der Waals surface area (Å²) in [4.78, 5) is 11.6. The molecule has 0 aromatic carbocycles. The molecule has 1 aliphatic carbocycles. The van der Waals surface area contributed by atoms with E-state index in [2.05, 4.69) is 31.4 Å². The Bertz CT molecular complexity index is 291. The summed E-state index contributed by atoms with van der Waals surface area (Å²) in [6.45, 7) is 11.9. The van der Waals surface area contributed by atoms with Crippen molar-refractivity contribution in [1.29, 1.82) is 0 Å². The minimum Gasteiger partial charge on any atom is -0.354 e. The van der Waals surface area contributed by atoms with Crippen molar-refractivity contribution < 1.29 is 4.79 Å². The van der Waals surface area contributed by atoms with E-state index in [4.69, 9.17) is 0 Å². The molecule has 0 bridgehead atoms. The van der Waals surface area contributed by atoms with Crippen molar-refractivity contribution in [3.63, 3.8) is 0 Å². The molecule has 1 amide bonds. The summed E-state index contributed by atoms with van der Waals surface area (Å²) in [7, 11) is 0. The van der Waals surface area contributed by atoms with Gasteiger partial charge in [-0.3, -0.25) is 4.79 Å². The molecule has 3 heteroatoms. The number of carbonyl (C=O) groups excluding carboxylic acids is 1. The van der Waals surface area contributed by atoms with E-state index in [1.165, 1.54) is 32.1 Å². The van der Waals surface area contributed by atoms with E-state index >= 15 is 0 Å². The number of nitrogens with one attached hydrogen (secondary N) is 2. The summed E-state index contributed by atoms with van der Waals surface area (Å²) < 4.78 is 0. The van der Waals surface area contributed by atoms with Crippen LogP contribution in [0.5, 0.6) is 0 Å². The maximum atomic E-state index is 11.6. The number of hydrogen-bond donors (Lipinski definition) is 2. The summed E-state index contributed by atoms with van der Waals surface area (Å²) in [6, 6.07) is 0.861. The highest BCUT2D eigenvalue weighted by Gasteiger charge is 2.31. The van der Waals surface area contributed by atoms with Crippen LogP contribution in [0.1, 0.15) is 73.1 Å². The first kappa shape index (κ1) is 17.5. The van der Waals surface area contributed by atoms with E-state index < -0.39 is 0 Å².